The molecule has 4 rings (SSSR count). The van der Waals surface area contributed by atoms with E-state index in [2.05, 4.69) is 0 Å². The van der Waals surface area contributed by atoms with Crippen molar-refractivity contribution in [2.24, 2.45) is 0 Å². The Morgan fingerprint density at radius 1 is 0.870 bits per heavy atom. The van der Waals surface area contributed by atoms with E-state index in [4.69, 9.17) is 11.6 Å². The lowest BCUT2D eigenvalue weighted by molar-refractivity contribution is 0.101. The zero-order valence-electron chi connectivity index (χ0n) is 11.7. The SMILES string of the molecule is O=C1c2cccc3cccc(c23)N1S(=O)(=O)c1ccc(Cl)cc1. The molecule has 114 valence electrons. The van der Waals surface area contributed by atoms with E-state index in [0.717, 1.165) is 9.69 Å². The Hall–Kier alpha value is -2.37. The van der Waals surface area contributed by atoms with Crippen molar-refractivity contribution in [1.82, 2.24) is 0 Å². The largest absolute Gasteiger partial charge is 0.273 e. The average molecular weight is 344 g/mol. The van der Waals surface area contributed by atoms with Gasteiger partial charge < -0.3 is 0 Å². The highest BCUT2D eigenvalue weighted by atomic mass is 35.5. The lowest BCUT2D eigenvalue weighted by Gasteiger charge is -2.18. The molecule has 4 nitrogen and oxygen atoms in total. The molecular weight excluding hydrogens is 334 g/mol. The number of hydrogen-bond donors (Lipinski definition) is 0. The van der Waals surface area contributed by atoms with Crippen LogP contribution in [0.2, 0.25) is 5.02 Å². The van der Waals surface area contributed by atoms with Gasteiger partial charge in [-0.3, -0.25) is 4.79 Å². The first-order chi connectivity index (χ1) is 11.0. The second-order valence-corrected chi connectivity index (χ2v) is 7.43. The molecule has 3 aromatic carbocycles. The van der Waals surface area contributed by atoms with Crippen LogP contribution >= 0.6 is 11.6 Å². The highest BCUT2D eigenvalue weighted by molar-refractivity contribution is 7.93. The molecule has 0 N–H and O–H groups in total. The van der Waals surface area contributed by atoms with Crippen LogP contribution < -0.4 is 4.31 Å². The van der Waals surface area contributed by atoms with E-state index in [0.29, 0.717) is 21.7 Å². The number of benzene rings is 3. The van der Waals surface area contributed by atoms with Gasteiger partial charge in [-0.25, -0.2) is 8.42 Å². The van der Waals surface area contributed by atoms with E-state index in [-0.39, 0.29) is 4.90 Å². The third kappa shape index (κ3) is 1.97. The molecule has 1 amide bonds. The van der Waals surface area contributed by atoms with Crippen molar-refractivity contribution in [3.8, 4) is 0 Å². The summed E-state index contributed by atoms with van der Waals surface area (Å²) in [4.78, 5) is 12.7. The molecule has 23 heavy (non-hydrogen) atoms. The van der Waals surface area contributed by atoms with E-state index in [1.54, 1.807) is 24.3 Å². The third-order valence-corrected chi connectivity index (χ3v) is 5.83. The Balaban J connectivity index is 1.96. The van der Waals surface area contributed by atoms with Crippen LogP contribution in [0.1, 0.15) is 10.4 Å². The summed E-state index contributed by atoms with van der Waals surface area (Å²) < 4.78 is 26.7. The minimum atomic E-state index is -3.99. The summed E-state index contributed by atoms with van der Waals surface area (Å²) in [7, 11) is -3.99. The van der Waals surface area contributed by atoms with Crippen molar-refractivity contribution in [2.75, 3.05) is 4.31 Å². The molecule has 0 aliphatic carbocycles. The molecule has 6 heteroatoms. The van der Waals surface area contributed by atoms with E-state index in [1.807, 2.05) is 12.1 Å². The monoisotopic (exact) mass is 343 g/mol. The molecule has 0 unspecified atom stereocenters. The molecule has 0 atom stereocenters. The Morgan fingerprint density at radius 2 is 1.52 bits per heavy atom. The average Bonchev–Trinajstić information content (AvgIpc) is 2.83. The van der Waals surface area contributed by atoms with E-state index >= 15 is 0 Å². The van der Waals surface area contributed by atoms with E-state index in [9.17, 15) is 13.2 Å². The molecule has 1 heterocycles. The van der Waals surface area contributed by atoms with Crippen molar-refractivity contribution in [3.05, 3.63) is 71.2 Å². The molecule has 0 aromatic heterocycles. The van der Waals surface area contributed by atoms with Crippen molar-refractivity contribution < 1.29 is 13.2 Å². The van der Waals surface area contributed by atoms with E-state index in [1.165, 1.54) is 24.3 Å². The molecule has 0 fully saturated rings. The summed E-state index contributed by atoms with van der Waals surface area (Å²) in [6.07, 6.45) is 0. The fraction of sp³-hybridized carbons (Fsp3) is 0. The normalized spacial score (nSPS) is 13.8. The second kappa shape index (κ2) is 4.81. The molecule has 0 bridgehead atoms. The molecule has 0 spiro atoms. The fourth-order valence-corrected chi connectivity index (χ4v) is 4.38. The van der Waals surface area contributed by atoms with Crippen LogP contribution in [0, 0.1) is 0 Å². The number of halogens is 1. The Kier molecular flexibility index (Phi) is 2.98. The molecule has 1 aliphatic rings. The number of nitrogens with zero attached hydrogens (tertiary/aromatic N) is 1. The molecule has 0 saturated carbocycles. The van der Waals surface area contributed by atoms with Crippen LogP contribution in [0.25, 0.3) is 10.8 Å². The zero-order chi connectivity index (χ0) is 16.2. The number of carbonyl (C=O) groups is 1. The summed E-state index contributed by atoms with van der Waals surface area (Å²) in [5.74, 6) is -0.535. The number of sulfonamides is 1. The summed E-state index contributed by atoms with van der Waals surface area (Å²) >= 11 is 5.81. The van der Waals surface area contributed by atoms with Gasteiger partial charge in [0.2, 0.25) is 0 Å². The summed E-state index contributed by atoms with van der Waals surface area (Å²) in [6.45, 7) is 0. The van der Waals surface area contributed by atoms with E-state index < -0.39 is 15.9 Å². The number of anilines is 1. The highest BCUT2D eigenvalue weighted by Crippen LogP contribution is 2.40. The number of amides is 1. The van der Waals surface area contributed by atoms with Gasteiger partial charge in [-0.05, 0) is 41.8 Å². The van der Waals surface area contributed by atoms with Crippen LogP contribution in [0.3, 0.4) is 0 Å². The van der Waals surface area contributed by atoms with Crippen LogP contribution in [-0.4, -0.2) is 14.3 Å². The first kappa shape index (κ1) is 14.2. The van der Waals surface area contributed by atoms with Gasteiger partial charge in [0.05, 0.1) is 16.1 Å². The topological polar surface area (TPSA) is 54.5 Å². The lowest BCUT2D eigenvalue weighted by atomic mass is 10.1. The van der Waals surface area contributed by atoms with Gasteiger partial charge in [0.1, 0.15) is 0 Å². The van der Waals surface area contributed by atoms with Crippen LogP contribution in [0.15, 0.2) is 65.6 Å². The predicted molar refractivity (Wildman–Crippen MR) is 89.4 cm³/mol. The lowest BCUT2D eigenvalue weighted by Crippen LogP contribution is -2.33. The van der Waals surface area contributed by atoms with Crippen molar-refractivity contribution in [2.45, 2.75) is 4.90 Å². The zero-order valence-corrected chi connectivity index (χ0v) is 13.3. The molecule has 3 aromatic rings. The van der Waals surface area contributed by atoms with Gasteiger partial charge >= 0.3 is 0 Å². The molecular formula is C17H10ClNO3S. The van der Waals surface area contributed by atoms with Crippen LogP contribution in [-0.2, 0) is 10.0 Å². The summed E-state index contributed by atoms with van der Waals surface area (Å²) in [6, 6.07) is 16.3. The minimum Gasteiger partial charge on any atom is -0.268 e. The minimum absolute atomic E-state index is 0.0278. The maximum atomic E-state index is 12.9. The van der Waals surface area contributed by atoms with Gasteiger partial charge in [0, 0.05) is 10.4 Å². The van der Waals surface area contributed by atoms with Gasteiger partial charge in [-0.1, -0.05) is 35.9 Å². The van der Waals surface area contributed by atoms with Gasteiger partial charge in [-0.15, -0.1) is 0 Å². The standard InChI is InChI=1S/C17H10ClNO3S/c18-12-7-9-13(10-8-12)23(21,22)19-15-6-2-4-11-3-1-5-14(16(11)15)17(19)20/h1-10H. The summed E-state index contributed by atoms with van der Waals surface area (Å²) in [5.41, 5.74) is 0.786. The highest BCUT2D eigenvalue weighted by Gasteiger charge is 2.38. The first-order valence-electron chi connectivity index (χ1n) is 6.87. The quantitative estimate of drug-likeness (QED) is 0.710. The fourth-order valence-electron chi connectivity index (χ4n) is 2.84. The summed E-state index contributed by atoms with van der Waals surface area (Å²) in [5, 5.41) is 1.93. The van der Waals surface area contributed by atoms with Crippen molar-refractivity contribution in [3.63, 3.8) is 0 Å². The van der Waals surface area contributed by atoms with Crippen LogP contribution in [0.4, 0.5) is 5.69 Å². The first-order valence-corrected chi connectivity index (χ1v) is 8.69. The molecule has 0 saturated heterocycles. The van der Waals surface area contributed by atoms with Gasteiger partial charge in [0.15, 0.2) is 0 Å². The third-order valence-electron chi connectivity index (χ3n) is 3.87. The maximum absolute atomic E-state index is 12.9. The van der Waals surface area contributed by atoms with Crippen LogP contribution in [0.5, 0.6) is 0 Å². The Bertz CT molecular complexity index is 1050. The molecule has 1 aliphatic heterocycles. The number of carbonyl (C=O) groups excluding carboxylic acids is 1. The smallest absolute Gasteiger partial charge is 0.268 e. The van der Waals surface area contributed by atoms with Gasteiger partial charge in [0.25, 0.3) is 15.9 Å². The van der Waals surface area contributed by atoms with Gasteiger partial charge in [-0.2, -0.15) is 4.31 Å². The predicted octanol–water partition coefficient (Wildman–Crippen LogP) is 3.84. The van der Waals surface area contributed by atoms with Crippen molar-refractivity contribution >= 4 is 44.0 Å². The Morgan fingerprint density at radius 3 is 2.22 bits per heavy atom. The second-order valence-electron chi connectivity index (χ2n) is 5.21. The van der Waals surface area contributed by atoms with Crippen molar-refractivity contribution in [1.29, 1.82) is 0 Å². The number of hydrogen-bond acceptors (Lipinski definition) is 3. The maximum Gasteiger partial charge on any atom is 0.273 e. The number of rotatable bonds is 2. The molecule has 0 radical (unpaired) electrons. The Labute approximate surface area is 138 Å².